The normalized spacial score (nSPS) is 24.2. The van der Waals surface area contributed by atoms with Crippen molar-refractivity contribution in [1.82, 2.24) is 4.90 Å². The maximum absolute atomic E-state index is 3.56. The molecule has 0 radical (unpaired) electrons. The highest BCUT2D eigenvalue weighted by atomic mass is 79.9. The van der Waals surface area contributed by atoms with E-state index < -0.39 is 0 Å². The molecule has 2 fully saturated rings. The Kier molecular flexibility index (Phi) is 4.64. The molecule has 0 N–H and O–H groups in total. The van der Waals surface area contributed by atoms with Gasteiger partial charge in [-0.2, -0.15) is 0 Å². The Morgan fingerprint density at radius 1 is 1.00 bits per heavy atom. The van der Waals surface area contributed by atoms with Gasteiger partial charge < -0.3 is 4.90 Å². The number of benzene rings is 2. The summed E-state index contributed by atoms with van der Waals surface area (Å²) in [6.45, 7) is 8.14. The SMILES string of the molecule is Cc1cc(Br)ccc1N1CCN(C[C@@H]2C[C@H]2c2ccccc2)CC1. The Labute approximate surface area is 153 Å². The smallest absolute Gasteiger partial charge is 0.0397 e. The van der Waals surface area contributed by atoms with E-state index in [9.17, 15) is 0 Å². The van der Waals surface area contributed by atoms with Crippen molar-refractivity contribution in [3.63, 3.8) is 0 Å². The minimum absolute atomic E-state index is 0.804. The lowest BCUT2D eigenvalue weighted by Crippen LogP contribution is -2.47. The van der Waals surface area contributed by atoms with Crippen molar-refractivity contribution in [2.75, 3.05) is 37.6 Å². The molecule has 0 amide bonds. The van der Waals surface area contributed by atoms with Gasteiger partial charge in [0.1, 0.15) is 0 Å². The van der Waals surface area contributed by atoms with E-state index in [1.165, 1.54) is 47.3 Å². The minimum Gasteiger partial charge on any atom is -0.369 e. The number of hydrogen-bond donors (Lipinski definition) is 0. The second-order valence-corrected chi connectivity index (χ2v) is 8.15. The first kappa shape index (κ1) is 16.2. The zero-order valence-electron chi connectivity index (χ0n) is 14.3. The van der Waals surface area contributed by atoms with E-state index >= 15 is 0 Å². The van der Waals surface area contributed by atoms with E-state index in [4.69, 9.17) is 0 Å². The lowest BCUT2D eigenvalue weighted by Gasteiger charge is -2.37. The summed E-state index contributed by atoms with van der Waals surface area (Å²) in [7, 11) is 0. The van der Waals surface area contributed by atoms with Gasteiger partial charge >= 0.3 is 0 Å². The summed E-state index contributed by atoms with van der Waals surface area (Å²) in [4.78, 5) is 5.21. The molecule has 0 bridgehead atoms. The largest absolute Gasteiger partial charge is 0.369 e. The molecule has 1 saturated heterocycles. The van der Waals surface area contributed by atoms with E-state index in [0.29, 0.717) is 0 Å². The van der Waals surface area contributed by atoms with Crippen LogP contribution in [0.4, 0.5) is 5.69 Å². The monoisotopic (exact) mass is 384 g/mol. The summed E-state index contributed by atoms with van der Waals surface area (Å²) in [5.41, 5.74) is 4.29. The number of piperazine rings is 1. The molecular weight excluding hydrogens is 360 g/mol. The van der Waals surface area contributed by atoms with Crippen molar-refractivity contribution in [1.29, 1.82) is 0 Å². The highest BCUT2D eigenvalue weighted by Gasteiger charge is 2.39. The fourth-order valence-electron chi connectivity index (χ4n) is 4.03. The number of halogens is 1. The summed E-state index contributed by atoms with van der Waals surface area (Å²) in [5.74, 6) is 1.67. The van der Waals surface area contributed by atoms with Crippen LogP contribution in [0.15, 0.2) is 53.0 Å². The number of nitrogens with zero attached hydrogens (tertiary/aromatic N) is 2. The van der Waals surface area contributed by atoms with E-state index in [1.807, 2.05) is 0 Å². The van der Waals surface area contributed by atoms with Gasteiger partial charge in [-0.05, 0) is 54.5 Å². The Morgan fingerprint density at radius 2 is 1.75 bits per heavy atom. The topological polar surface area (TPSA) is 6.48 Å². The fourth-order valence-corrected chi connectivity index (χ4v) is 4.51. The molecule has 0 spiro atoms. The van der Waals surface area contributed by atoms with Crippen molar-refractivity contribution in [2.45, 2.75) is 19.3 Å². The van der Waals surface area contributed by atoms with Crippen LogP contribution >= 0.6 is 15.9 Å². The van der Waals surface area contributed by atoms with Crippen LogP contribution in [0.3, 0.4) is 0 Å². The number of anilines is 1. The number of hydrogen-bond acceptors (Lipinski definition) is 2. The summed E-state index contributed by atoms with van der Waals surface area (Å²) in [5, 5.41) is 0. The molecule has 126 valence electrons. The molecule has 1 aliphatic carbocycles. The Hall–Kier alpha value is -1.32. The first-order chi connectivity index (χ1) is 11.7. The second-order valence-electron chi connectivity index (χ2n) is 7.23. The van der Waals surface area contributed by atoms with Crippen LogP contribution in [0, 0.1) is 12.8 Å². The van der Waals surface area contributed by atoms with Crippen LogP contribution in [0.1, 0.15) is 23.5 Å². The third-order valence-corrected chi connectivity index (χ3v) is 6.01. The molecule has 1 heterocycles. The van der Waals surface area contributed by atoms with Crippen LogP contribution in [-0.4, -0.2) is 37.6 Å². The molecule has 2 aliphatic rings. The zero-order valence-corrected chi connectivity index (χ0v) is 15.9. The molecule has 2 atom stereocenters. The first-order valence-corrected chi connectivity index (χ1v) is 9.78. The zero-order chi connectivity index (χ0) is 16.5. The van der Waals surface area contributed by atoms with E-state index in [0.717, 1.165) is 24.9 Å². The standard InChI is InChI=1S/C21H25BrN2/c1-16-13-19(22)7-8-21(16)24-11-9-23(10-12-24)15-18-14-20(18)17-5-3-2-4-6-17/h2-8,13,18,20H,9-12,14-15H2,1H3/t18-,20-/m0/s1. The van der Waals surface area contributed by atoms with Gasteiger partial charge in [0.05, 0.1) is 0 Å². The van der Waals surface area contributed by atoms with Crippen LogP contribution in [-0.2, 0) is 0 Å². The second kappa shape index (κ2) is 6.89. The third-order valence-electron chi connectivity index (χ3n) is 5.51. The van der Waals surface area contributed by atoms with Gasteiger partial charge in [0.2, 0.25) is 0 Å². The molecule has 2 nitrogen and oxygen atoms in total. The predicted molar refractivity (Wildman–Crippen MR) is 105 cm³/mol. The van der Waals surface area contributed by atoms with Crippen LogP contribution in [0.5, 0.6) is 0 Å². The minimum atomic E-state index is 0.804. The van der Waals surface area contributed by atoms with Crippen molar-refractivity contribution < 1.29 is 0 Å². The molecule has 1 saturated carbocycles. The number of aryl methyl sites for hydroxylation is 1. The van der Waals surface area contributed by atoms with E-state index in [2.05, 4.69) is 81.2 Å². The average molecular weight is 385 g/mol. The predicted octanol–water partition coefficient (Wildman–Crippen LogP) is 4.68. The molecule has 24 heavy (non-hydrogen) atoms. The van der Waals surface area contributed by atoms with Crippen molar-refractivity contribution in [2.24, 2.45) is 5.92 Å². The summed E-state index contributed by atoms with van der Waals surface area (Å²) >= 11 is 3.56. The van der Waals surface area contributed by atoms with Gasteiger partial charge in [0.25, 0.3) is 0 Å². The lowest BCUT2D eigenvalue weighted by atomic mass is 10.1. The van der Waals surface area contributed by atoms with Gasteiger partial charge in [-0.1, -0.05) is 46.3 Å². The summed E-state index contributed by atoms with van der Waals surface area (Å²) in [6, 6.07) is 17.7. The highest BCUT2D eigenvalue weighted by Crippen LogP contribution is 2.47. The van der Waals surface area contributed by atoms with Crippen LogP contribution in [0.2, 0.25) is 0 Å². The molecular formula is C21H25BrN2. The fraction of sp³-hybridized carbons (Fsp3) is 0.429. The highest BCUT2D eigenvalue weighted by molar-refractivity contribution is 9.10. The Morgan fingerprint density at radius 3 is 2.46 bits per heavy atom. The van der Waals surface area contributed by atoms with E-state index in [-0.39, 0.29) is 0 Å². The molecule has 2 aromatic rings. The van der Waals surface area contributed by atoms with E-state index in [1.54, 1.807) is 0 Å². The van der Waals surface area contributed by atoms with Gasteiger partial charge in [-0.15, -0.1) is 0 Å². The lowest BCUT2D eigenvalue weighted by molar-refractivity contribution is 0.246. The maximum Gasteiger partial charge on any atom is 0.0397 e. The quantitative estimate of drug-likeness (QED) is 0.754. The van der Waals surface area contributed by atoms with Crippen LogP contribution in [0.25, 0.3) is 0 Å². The number of rotatable bonds is 4. The first-order valence-electron chi connectivity index (χ1n) is 8.99. The van der Waals surface area contributed by atoms with Gasteiger partial charge in [0.15, 0.2) is 0 Å². The molecule has 0 aromatic heterocycles. The molecule has 0 unspecified atom stereocenters. The molecule has 1 aliphatic heterocycles. The third kappa shape index (κ3) is 3.52. The Bertz CT molecular complexity index is 692. The molecule has 3 heteroatoms. The molecule has 4 rings (SSSR count). The van der Waals surface area contributed by atoms with Crippen molar-refractivity contribution in [3.8, 4) is 0 Å². The maximum atomic E-state index is 3.56. The Balaban J connectivity index is 1.29. The van der Waals surface area contributed by atoms with Gasteiger partial charge in [0, 0.05) is 42.9 Å². The van der Waals surface area contributed by atoms with Gasteiger partial charge in [-0.25, -0.2) is 0 Å². The van der Waals surface area contributed by atoms with Crippen LogP contribution < -0.4 is 4.90 Å². The summed E-state index contributed by atoms with van der Waals surface area (Å²) in [6.07, 6.45) is 1.37. The molecule has 2 aromatic carbocycles. The van der Waals surface area contributed by atoms with Crippen molar-refractivity contribution in [3.05, 3.63) is 64.1 Å². The summed E-state index contributed by atoms with van der Waals surface area (Å²) < 4.78 is 1.17. The van der Waals surface area contributed by atoms with Crippen molar-refractivity contribution >= 4 is 21.6 Å². The average Bonchev–Trinajstić information content (AvgIpc) is 3.36. The van der Waals surface area contributed by atoms with Gasteiger partial charge in [-0.3, -0.25) is 4.90 Å².